The summed E-state index contributed by atoms with van der Waals surface area (Å²) in [7, 11) is 0. The predicted octanol–water partition coefficient (Wildman–Crippen LogP) is 2.99. The molecule has 0 aliphatic rings. The maximum atomic E-state index is 11.9. The standard InChI is InChI=1S/C12H14BrNO/c1-3-9-14(12(15)10(2)13)11-7-5-4-6-8-11/h3-8,10H,1,9H2,2H3. The first-order valence-electron chi connectivity index (χ1n) is 4.78. The zero-order valence-corrected chi connectivity index (χ0v) is 10.3. The fraction of sp³-hybridized carbons (Fsp3) is 0.250. The Morgan fingerprint density at radius 2 is 2.13 bits per heavy atom. The molecular formula is C12H14BrNO. The van der Waals surface area contributed by atoms with Gasteiger partial charge in [0.05, 0.1) is 4.83 Å². The van der Waals surface area contributed by atoms with Gasteiger partial charge in [-0.05, 0) is 19.1 Å². The maximum Gasteiger partial charge on any atom is 0.240 e. The summed E-state index contributed by atoms with van der Waals surface area (Å²) in [5, 5.41) is 0. The van der Waals surface area contributed by atoms with Crippen molar-refractivity contribution in [2.24, 2.45) is 0 Å². The van der Waals surface area contributed by atoms with Crippen LogP contribution in [-0.2, 0) is 4.79 Å². The number of carbonyl (C=O) groups is 1. The highest BCUT2D eigenvalue weighted by molar-refractivity contribution is 9.10. The van der Waals surface area contributed by atoms with Gasteiger partial charge >= 0.3 is 0 Å². The van der Waals surface area contributed by atoms with E-state index in [9.17, 15) is 4.79 Å². The Balaban J connectivity index is 2.93. The van der Waals surface area contributed by atoms with Gasteiger partial charge in [0.15, 0.2) is 0 Å². The Kier molecular flexibility index (Phi) is 4.56. The molecule has 0 heterocycles. The fourth-order valence-corrected chi connectivity index (χ4v) is 1.52. The molecule has 15 heavy (non-hydrogen) atoms. The van der Waals surface area contributed by atoms with Crippen LogP contribution >= 0.6 is 15.9 Å². The Labute approximate surface area is 98.7 Å². The van der Waals surface area contributed by atoms with Gasteiger partial charge in [-0.25, -0.2) is 0 Å². The number of alkyl halides is 1. The summed E-state index contributed by atoms with van der Waals surface area (Å²) >= 11 is 3.28. The highest BCUT2D eigenvalue weighted by atomic mass is 79.9. The first kappa shape index (κ1) is 12.0. The molecular weight excluding hydrogens is 254 g/mol. The largest absolute Gasteiger partial charge is 0.308 e. The number of amides is 1. The third-order valence-electron chi connectivity index (χ3n) is 1.99. The SMILES string of the molecule is C=CCN(C(=O)C(C)Br)c1ccccc1. The molecule has 0 bridgehead atoms. The summed E-state index contributed by atoms with van der Waals surface area (Å²) in [6, 6.07) is 9.58. The van der Waals surface area contributed by atoms with Gasteiger partial charge in [-0.15, -0.1) is 6.58 Å². The van der Waals surface area contributed by atoms with Gasteiger partial charge in [-0.1, -0.05) is 40.2 Å². The van der Waals surface area contributed by atoms with E-state index >= 15 is 0 Å². The number of anilines is 1. The minimum atomic E-state index is -0.183. The molecule has 1 atom stereocenters. The summed E-state index contributed by atoms with van der Waals surface area (Å²) in [6.45, 7) is 6.01. The Bertz CT molecular complexity index is 335. The van der Waals surface area contributed by atoms with Crippen LogP contribution in [0, 0.1) is 0 Å². The lowest BCUT2D eigenvalue weighted by molar-refractivity contribution is -0.117. The van der Waals surface area contributed by atoms with Crippen molar-refractivity contribution in [3.05, 3.63) is 43.0 Å². The molecule has 1 amide bonds. The molecule has 2 nitrogen and oxygen atoms in total. The minimum absolute atomic E-state index is 0.0427. The van der Waals surface area contributed by atoms with E-state index in [-0.39, 0.29) is 10.7 Å². The summed E-state index contributed by atoms with van der Waals surface area (Å²) in [5.74, 6) is 0.0427. The van der Waals surface area contributed by atoms with Crippen molar-refractivity contribution in [3.8, 4) is 0 Å². The summed E-state index contributed by atoms with van der Waals surface area (Å²) in [5.41, 5.74) is 0.897. The number of hydrogen-bond acceptors (Lipinski definition) is 1. The van der Waals surface area contributed by atoms with Crippen LogP contribution in [0.1, 0.15) is 6.92 Å². The number of rotatable bonds is 4. The van der Waals surface area contributed by atoms with Crippen LogP contribution in [0.15, 0.2) is 43.0 Å². The summed E-state index contributed by atoms with van der Waals surface area (Å²) in [4.78, 5) is 13.4. The molecule has 0 radical (unpaired) electrons. The van der Waals surface area contributed by atoms with E-state index in [1.54, 1.807) is 11.0 Å². The van der Waals surface area contributed by atoms with Gasteiger partial charge in [0.2, 0.25) is 5.91 Å². The van der Waals surface area contributed by atoms with Gasteiger partial charge in [0.1, 0.15) is 0 Å². The van der Waals surface area contributed by atoms with E-state index in [4.69, 9.17) is 0 Å². The van der Waals surface area contributed by atoms with Crippen molar-refractivity contribution in [2.45, 2.75) is 11.8 Å². The maximum absolute atomic E-state index is 11.9. The van der Waals surface area contributed by atoms with Crippen molar-refractivity contribution < 1.29 is 4.79 Å². The van der Waals surface area contributed by atoms with Crippen LogP contribution in [0.4, 0.5) is 5.69 Å². The zero-order valence-electron chi connectivity index (χ0n) is 8.69. The molecule has 1 rings (SSSR count). The van der Waals surface area contributed by atoms with Crippen LogP contribution in [0.25, 0.3) is 0 Å². The highest BCUT2D eigenvalue weighted by Gasteiger charge is 2.18. The lowest BCUT2D eigenvalue weighted by Crippen LogP contribution is -2.35. The van der Waals surface area contributed by atoms with Gasteiger partial charge < -0.3 is 4.90 Å². The third kappa shape index (κ3) is 3.20. The number of nitrogens with zero attached hydrogens (tertiary/aromatic N) is 1. The van der Waals surface area contributed by atoms with Gasteiger partial charge in [0, 0.05) is 12.2 Å². The molecule has 80 valence electrons. The topological polar surface area (TPSA) is 20.3 Å². The molecule has 0 saturated heterocycles. The quantitative estimate of drug-likeness (QED) is 0.607. The average Bonchev–Trinajstić information content (AvgIpc) is 2.26. The summed E-state index contributed by atoms with van der Waals surface area (Å²) in [6.07, 6.45) is 1.72. The minimum Gasteiger partial charge on any atom is -0.308 e. The molecule has 0 spiro atoms. The van der Waals surface area contributed by atoms with Crippen LogP contribution in [0.2, 0.25) is 0 Å². The Morgan fingerprint density at radius 1 is 1.53 bits per heavy atom. The van der Waals surface area contributed by atoms with E-state index in [2.05, 4.69) is 22.5 Å². The summed E-state index contributed by atoms with van der Waals surface area (Å²) < 4.78 is 0. The zero-order chi connectivity index (χ0) is 11.3. The second kappa shape index (κ2) is 5.71. The lowest BCUT2D eigenvalue weighted by atomic mass is 10.2. The second-order valence-corrected chi connectivity index (χ2v) is 4.56. The molecule has 1 unspecified atom stereocenters. The highest BCUT2D eigenvalue weighted by Crippen LogP contribution is 2.16. The van der Waals surface area contributed by atoms with Gasteiger partial charge in [-0.2, -0.15) is 0 Å². The van der Waals surface area contributed by atoms with E-state index < -0.39 is 0 Å². The average molecular weight is 268 g/mol. The monoisotopic (exact) mass is 267 g/mol. The van der Waals surface area contributed by atoms with Crippen LogP contribution < -0.4 is 4.90 Å². The first-order chi connectivity index (χ1) is 7.16. The third-order valence-corrected chi connectivity index (χ3v) is 2.38. The first-order valence-corrected chi connectivity index (χ1v) is 5.69. The van der Waals surface area contributed by atoms with Crippen LogP contribution in [0.5, 0.6) is 0 Å². The molecule has 0 N–H and O–H groups in total. The molecule has 0 aliphatic carbocycles. The van der Waals surface area contributed by atoms with Crippen LogP contribution in [0.3, 0.4) is 0 Å². The smallest absolute Gasteiger partial charge is 0.240 e. The molecule has 1 aromatic rings. The van der Waals surface area contributed by atoms with E-state index in [0.717, 1.165) is 5.69 Å². The number of para-hydroxylation sites is 1. The van der Waals surface area contributed by atoms with Crippen LogP contribution in [-0.4, -0.2) is 17.3 Å². The number of benzene rings is 1. The molecule has 3 heteroatoms. The van der Waals surface area contributed by atoms with Crippen molar-refractivity contribution in [2.75, 3.05) is 11.4 Å². The van der Waals surface area contributed by atoms with Gasteiger partial charge in [0.25, 0.3) is 0 Å². The number of hydrogen-bond donors (Lipinski definition) is 0. The van der Waals surface area contributed by atoms with E-state index in [1.807, 2.05) is 37.3 Å². The molecule has 0 fully saturated rings. The lowest BCUT2D eigenvalue weighted by Gasteiger charge is -2.22. The Morgan fingerprint density at radius 3 is 2.60 bits per heavy atom. The van der Waals surface area contributed by atoms with Crippen molar-refractivity contribution in [1.29, 1.82) is 0 Å². The molecule has 1 aromatic carbocycles. The van der Waals surface area contributed by atoms with Crippen molar-refractivity contribution in [1.82, 2.24) is 0 Å². The fourth-order valence-electron chi connectivity index (χ4n) is 1.27. The van der Waals surface area contributed by atoms with E-state index in [1.165, 1.54) is 0 Å². The number of carbonyl (C=O) groups excluding carboxylic acids is 1. The predicted molar refractivity (Wildman–Crippen MR) is 67.4 cm³/mol. The van der Waals surface area contributed by atoms with E-state index in [0.29, 0.717) is 6.54 Å². The molecule has 0 aliphatic heterocycles. The van der Waals surface area contributed by atoms with Crippen molar-refractivity contribution in [3.63, 3.8) is 0 Å². The molecule has 0 aromatic heterocycles. The molecule has 0 saturated carbocycles. The number of halogens is 1. The van der Waals surface area contributed by atoms with Gasteiger partial charge in [-0.3, -0.25) is 4.79 Å². The van der Waals surface area contributed by atoms with Crippen molar-refractivity contribution >= 4 is 27.5 Å². The second-order valence-electron chi connectivity index (χ2n) is 3.19. The Hall–Kier alpha value is -1.09. The normalized spacial score (nSPS) is 11.9.